The predicted octanol–water partition coefficient (Wildman–Crippen LogP) is 4.40. The number of carbonyl (C=O) groups excluding carboxylic acids is 3. The normalized spacial score (nSPS) is 17.4. The molecule has 2 N–H and O–H groups in total. The van der Waals surface area contributed by atoms with Crippen molar-refractivity contribution in [2.45, 2.75) is 25.7 Å². The van der Waals surface area contributed by atoms with Crippen LogP contribution in [0, 0.1) is 0 Å². The van der Waals surface area contributed by atoms with Crippen molar-refractivity contribution in [3.63, 3.8) is 0 Å². The van der Waals surface area contributed by atoms with Crippen molar-refractivity contribution in [1.29, 1.82) is 0 Å². The molecule has 172 valence electrons. The third-order valence-electron chi connectivity index (χ3n) is 6.59. The molecule has 0 bridgehead atoms. The zero-order valence-corrected chi connectivity index (χ0v) is 18.8. The van der Waals surface area contributed by atoms with Crippen molar-refractivity contribution < 1.29 is 18.8 Å². The van der Waals surface area contributed by atoms with Gasteiger partial charge >= 0.3 is 0 Å². The van der Waals surface area contributed by atoms with E-state index < -0.39 is 11.8 Å². The third kappa shape index (κ3) is 4.24. The Labute approximate surface area is 197 Å². The Kier molecular flexibility index (Phi) is 5.76. The number of hydrogen-bond donors (Lipinski definition) is 2. The molecule has 34 heavy (non-hydrogen) atoms. The second kappa shape index (κ2) is 9.02. The Balaban J connectivity index is 1.35. The first-order chi connectivity index (χ1) is 16.5. The molecule has 3 aromatic rings. The minimum Gasteiger partial charge on any atom is -0.472 e. The zero-order valence-electron chi connectivity index (χ0n) is 18.8. The summed E-state index contributed by atoms with van der Waals surface area (Å²) >= 11 is 0. The van der Waals surface area contributed by atoms with Gasteiger partial charge in [-0.1, -0.05) is 18.2 Å². The number of carbonyl (C=O) groups is 3. The van der Waals surface area contributed by atoms with Crippen LogP contribution in [-0.2, 0) is 9.59 Å². The predicted molar refractivity (Wildman–Crippen MR) is 129 cm³/mol. The Morgan fingerprint density at radius 3 is 2.44 bits per heavy atom. The van der Waals surface area contributed by atoms with E-state index in [0.717, 1.165) is 42.7 Å². The molecule has 0 unspecified atom stereocenters. The van der Waals surface area contributed by atoms with E-state index in [9.17, 15) is 14.4 Å². The summed E-state index contributed by atoms with van der Waals surface area (Å²) in [6.45, 7) is 3.20. The monoisotopic (exact) mass is 455 g/mol. The summed E-state index contributed by atoms with van der Waals surface area (Å²) in [6, 6.07) is 15.4. The molecule has 7 nitrogen and oxygen atoms in total. The highest BCUT2D eigenvalue weighted by molar-refractivity contribution is 6.31. The maximum Gasteiger partial charge on any atom is 0.260 e. The van der Waals surface area contributed by atoms with Crippen LogP contribution < -0.4 is 10.6 Å². The number of benzene rings is 2. The average Bonchev–Trinajstić information content (AvgIpc) is 3.39. The molecule has 5 rings (SSSR count). The molecule has 1 saturated heterocycles. The van der Waals surface area contributed by atoms with Gasteiger partial charge < -0.3 is 14.6 Å². The first-order valence-corrected chi connectivity index (χ1v) is 11.3. The van der Waals surface area contributed by atoms with Crippen molar-refractivity contribution in [3.05, 3.63) is 83.9 Å². The first kappa shape index (κ1) is 21.7. The van der Waals surface area contributed by atoms with Gasteiger partial charge in [-0.3, -0.25) is 19.7 Å². The van der Waals surface area contributed by atoms with Crippen LogP contribution in [0.5, 0.6) is 0 Å². The van der Waals surface area contributed by atoms with Crippen LogP contribution in [-0.4, -0.2) is 35.7 Å². The van der Waals surface area contributed by atoms with Crippen LogP contribution in [0.4, 0.5) is 5.69 Å². The van der Waals surface area contributed by atoms with Crippen molar-refractivity contribution in [2.24, 2.45) is 0 Å². The largest absolute Gasteiger partial charge is 0.472 e. The SMILES string of the molecule is CC(=O)N1CCC(c2ccc(NC=C3C(=O)NC(=O)c4ccc(-c5ccoc5)cc43)cc2)CC1. The number of nitrogens with one attached hydrogen (secondary N) is 2. The molecule has 2 aliphatic heterocycles. The lowest BCUT2D eigenvalue weighted by Crippen LogP contribution is -2.36. The molecular formula is C27H25N3O4. The third-order valence-corrected chi connectivity index (χ3v) is 6.59. The molecule has 3 heterocycles. The van der Waals surface area contributed by atoms with E-state index in [1.165, 1.54) is 5.56 Å². The lowest BCUT2D eigenvalue weighted by molar-refractivity contribution is -0.129. The van der Waals surface area contributed by atoms with Gasteiger partial charge in [-0.05, 0) is 60.2 Å². The fourth-order valence-corrected chi connectivity index (χ4v) is 4.61. The average molecular weight is 456 g/mol. The van der Waals surface area contributed by atoms with Crippen LogP contribution in [0.25, 0.3) is 16.7 Å². The number of piperidine rings is 1. The Bertz CT molecular complexity index is 1270. The summed E-state index contributed by atoms with van der Waals surface area (Å²) in [7, 11) is 0. The molecule has 0 radical (unpaired) electrons. The molecule has 0 spiro atoms. The van der Waals surface area contributed by atoms with Crippen LogP contribution in [0.1, 0.15) is 47.2 Å². The van der Waals surface area contributed by atoms with Gasteiger partial charge in [-0.15, -0.1) is 0 Å². The van der Waals surface area contributed by atoms with Crippen LogP contribution in [0.15, 0.2) is 71.7 Å². The van der Waals surface area contributed by atoms with E-state index in [1.807, 2.05) is 35.2 Å². The molecule has 0 atom stereocenters. The fraction of sp³-hybridized carbons (Fsp3) is 0.222. The minimum absolute atomic E-state index is 0.137. The van der Waals surface area contributed by atoms with Gasteiger partial charge in [-0.2, -0.15) is 0 Å². The number of imide groups is 1. The second-order valence-electron chi connectivity index (χ2n) is 8.66. The summed E-state index contributed by atoms with van der Waals surface area (Å²) in [4.78, 5) is 38.4. The number of furan rings is 1. The van der Waals surface area contributed by atoms with E-state index in [-0.39, 0.29) is 5.91 Å². The summed E-state index contributed by atoms with van der Waals surface area (Å²) in [5, 5.41) is 5.61. The van der Waals surface area contributed by atoms with Gasteiger partial charge in [0.25, 0.3) is 11.8 Å². The van der Waals surface area contributed by atoms with Gasteiger partial charge in [0, 0.05) is 48.6 Å². The second-order valence-corrected chi connectivity index (χ2v) is 8.66. The summed E-state index contributed by atoms with van der Waals surface area (Å²) in [6.07, 6.45) is 6.77. The number of nitrogens with zero attached hydrogens (tertiary/aromatic N) is 1. The minimum atomic E-state index is -0.441. The number of amides is 3. The molecule has 3 amide bonds. The molecular weight excluding hydrogens is 430 g/mol. The summed E-state index contributed by atoms with van der Waals surface area (Å²) < 4.78 is 5.17. The highest BCUT2D eigenvalue weighted by Crippen LogP contribution is 2.31. The van der Waals surface area contributed by atoms with E-state index in [1.54, 1.807) is 31.7 Å². The number of likely N-dealkylation sites (tertiary alicyclic amines) is 1. The van der Waals surface area contributed by atoms with Crippen molar-refractivity contribution in [1.82, 2.24) is 10.2 Å². The standard InChI is InChI=1S/C27H25N3O4/c1-17(31)30-11-8-19(9-12-30)18-2-5-22(6-3-18)28-15-25-24-14-20(21-10-13-34-16-21)4-7-23(24)26(32)29-27(25)33/h2-7,10,13-16,19,28H,8-9,11-12H2,1H3,(H,29,32,33). The van der Waals surface area contributed by atoms with E-state index in [4.69, 9.17) is 4.42 Å². The van der Waals surface area contributed by atoms with E-state index >= 15 is 0 Å². The molecule has 1 fully saturated rings. The van der Waals surface area contributed by atoms with Gasteiger partial charge in [-0.25, -0.2) is 0 Å². The smallest absolute Gasteiger partial charge is 0.260 e. The highest BCUT2D eigenvalue weighted by Gasteiger charge is 2.28. The van der Waals surface area contributed by atoms with E-state index in [0.29, 0.717) is 22.6 Å². The lowest BCUT2D eigenvalue weighted by Gasteiger charge is -2.31. The quantitative estimate of drug-likeness (QED) is 0.450. The first-order valence-electron chi connectivity index (χ1n) is 11.3. The fourth-order valence-electron chi connectivity index (χ4n) is 4.61. The van der Waals surface area contributed by atoms with Crippen molar-refractivity contribution in [3.8, 4) is 11.1 Å². The van der Waals surface area contributed by atoms with Crippen molar-refractivity contribution in [2.75, 3.05) is 18.4 Å². The number of anilines is 1. The summed E-state index contributed by atoms with van der Waals surface area (Å²) in [5.74, 6) is -0.274. The van der Waals surface area contributed by atoms with E-state index in [2.05, 4.69) is 22.8 Å². The van der Waals surface area contributed by atoms with Crippen LogP contribution in [0.3, 0.4) is 0 Å². The lowest BCUT2D eigenvalue weighted by atomic mass is 9.89. The van der Waals surface area contributed by atoms with Gasteiger partial charge in [0.05, 0.1) is 18.1 Å². The Morgan fingerprint density at radius 2 is 1.76 bits per heavy atom. The molecule has 2 aromatic carbocycles. The number of rotatable bonds is 4. The van der Waals surface area contributed by atoms with Gasteiger partial charge in [0.2, 0.25) is 5.91 Å². The number of hydrogen-bond acceptors (Lipinski definition) is 5. The van der Waals surface area contributed by atoms with Crippen LogP contribution >= 0.6 is 0 Å². The Hall–Kier alpha value is -4.13. The molecule has 1 aromatic heterocycles. The Morgan fingerprint density at radius 1 is 1.00 bits per heavy atom. The molecule has 2 aliphatic rings. The highest BCUT2D eigenvalue weighted by atomic mass is 16.3. The van der Waals surface area contributed by atoms with Gasteiger partial charge in [0.1, 0.15) is 0 Å². The van der Waals surface area contributed by atoms with Gasteiger partial charge in [0.15, 0.2) is 0 Å². The maximum absolute atomic E-state index is 12.6. The molecule has 7 heteroatoms. The van der Waals surface area contributed by atoms with Crippen molar-refractivity contribution >= 4 is 29.0 Å². The van der Waals surface area contributed by atoms with Crippen LogP contribution in [0.2, 0.25) is 0 Å². The molecule has 0 aliphatic carbocycles. The zero-order chi connectivity index (χ0) is 23.7. The number of fused-ring (bicyclic) bond motifs is 1. The molecule has 0 saturated carbocycles. The maximum atomic E-state index is 12.6. The topological polar surface area (TPSA) is 91.7 Å². The summed E-state index contributed by atoms with van der Waals surface area (Å²) in [5.41, 5.74) is 5.24.